The Hall–Kier alpha value is -1.41. The first-order valence-corrected chi connectivity index (χ1v) is 8.29. The Labute approximate surface area is 129 Å². The van der Waals surface area contributed by atoms with Crippen molar-refractivity contribution >= 4 is 21.8 Å². The van der Waals surface area contributed by atoms with Crippen LogP contribution in [0.2, 0.25) is 5.02 Å². The van der Waals surface area contributed by atoms with Crippen LogP contribution >= 0.6 is 11.6 Å². The van der Waals surface area contributed by atoms with Crippen molar-refractivity contribution in [3.05, 3.63) is 52.8 Å². The van der Waals surface area contributed by atoms with Crippen molar-refractivity contribution in [2.75, 3.05) is 6.54 Å². The molecule has 0 saturated carbocycles. The third-order valence-corrected chi connectivity index (χ3v) is 4.31. The molecule has 2 N–H and O–H groups in total. The third kappa shape index (κ3) is 4.28. The Morgan fingerprint density at radius 1 is 1.29 bits per heavy atom. The number of nitrogens with zero attached hydrogens (tertiary/aromatic N) is 2. The van der Waals surface area contributed by atoms with Crippen LogP contribution in [0.3, 0.4) is 0 Å². The molecule has 1 heterocycles. The van der Waals surface area contributed by atoms with E-state index in [-0.39, 0.29) is 0 Å². The molecule has 1 aromatic carbocycles. The van der Waals surface area contributed by atoms with Crippen molar-refractivity contribution in [3.8, 4) is 0 Å². The molecule has 114 valence electrons. The van der Waals surface area contributed by atoms with Crippen LogP contribution in [-0.4, -0.2) is 24.7 Å². The van der Waals surface area contributed by atoms with Gasteiger partial charge in [-0.2, -0.15) is 18.2 Å². The molecule has 0 aliphatic carbocycles. The lowest BCUT2D eigenvalue weighted by molar-refractivity contribution is 0.555. The molecule has 0 radical (unpaired) electrons. The summed E-state index contributed by atoms with van der Waals surface area (Å²) in [4.78, 5) is 0. The molecule has 2 aromatic rings. The van der Waals surface area contributed by atoms with Gasteiger partial charge in [-0.15, -0.1) is 0 Å². The van der Waals surface area contributed by atoms with E-state index >= 15 is 0 Å². The number of halogens is 1. The van der Waals surface area contributed by atoms with Crippen molar-refractivity contribution < 1.29 is 8.42 Å². The molecule has 0 bridgehead atoms. The fourth-order valence-corrected chi connectivity index (χ4v) is 3.08. The van der Waals surface area contributed by atoms with Crippen molar-refractivity contribution in [3.63, 3.8) is 0 Å². The van der Waals surface area contributed by atoms with Crippen molar-refractivity contribution in [1.29, 1.82) is 0 Å². The molecule has 0 aliphatic rings. The van der Waals surface area contributed by atoms with Crippen LogP contribution in [0.5, 0.6) is 0 Å². The van der Waals surface area contributed by atoms with E-state index in [1.807, 2.05) is 0 Å². The summed E-state index contributed by atoms with van der Waals surface area (Å²) in [5.41, 5.74) is 1.38. The highest BCUT2D eigenvalue weighted by Crippen LogP contribution is 2.22. The second kappa shape index (κ2) is 6.57. The van der Waals surface area contributed by atoms with Crippen LogP contribution in [-0.2, 0) is 17.3 Å². The molecule has 1 aromatic heterocycles. The highest BCUT2D eigenvalue weighted by atomic mass is 35.5. The summed E-state index contributed by atoms with van der Waals surface area (Å²) in [6.07, 6.45) is 1.76. The minimum absolute atomic E-state index is 0.310. The Morgan fingerprint density at radius 3 is 2.48 bits per heavy atom. The maximum absolute atomic E-state index is 12.0. The first-order chi connectivity index (χ1) is 9.91. The number of hydrogen-bond acceptors (Lipinski definition) is 3. The van der Waals surface area contributed by atoms with E-state index < -0.39 is 16.3 Å². The number of aromatic nitrogens is 2. The van der Waals surface area contributed by atoms with E-state index in [4.69, 9.17) is 11.6 Å². The lowest BCUT2D eigenvalue weighted by Gasteiger charge is -2.17. The Bertz CT molecular complexity index is 697. The predicted octanol–water partition coefficient (Wildman–Crippen LogP) is 1.61. The maximum Gasteiger partial charge on any atom is 0.277 e. The van der Waals surface area contributed by atoms with Gasteiger partial charge in [0.1, 0.15) is 0 Å². The van der Waals surface area contributed by atoms with E-state index in [0.29, 0.717) is 17.3 Å². The smallest absolute Gasteiger partial charge is 0.275 e. The van der Waals surface area contributed by atoms with Gasteiger partial charge in [-0.25, -0.2) is 4.72 Å². The molecule has 21 heavy (non-hydrogen) atoms. The highest BCUT2D eigenvalue weighted by molar-refractivity contribution is 7.87. The van der Waals surface area contributed by atoms with E-state index in [0.717, 1.165) is 5.56 Å². The summed E-state index contributed by atoms with van der Waals surface area (Å²) in [6.45, 7) is 2.03. The topological polar surface area (TPSA) is 76.0 Å². The monoisotopic (exact) mass is 328 g/mol. The molecular formula is C13H17ClN4O2S. The number of rotatable bonds is 6. The van der Waals surface area contributed by atoms with E-state index in [1.165, 1.54) is 0 Å². The predicted molar refractivity (Wildman–Crippen MR) is 82.2 cm³/mol. The standard InChI is InChI=1S/C13H17ClN4O2S/c1-3-15-21(19,20)17-13(12-8-9-18(2)16-12)10-4-6-11(14)7-5-10/h4-9,13,15,17H,3H2,1-2H3/t13-/m0/s1. The summed E-state index contributed by atoms with van der Waals surface area (Å²) in [7, 11) is -1.83. The van der Waals surface area contributed by atoms with Crippen LogP contribution in [0.1, 0.15) is 24.2 Å². The first kappa shape index (κ1) is 16.0. The van der Waals surface area contributed by atoms with Gasteiger partial charge in [0.05, 0.1) is 11.7 Å². The Balaban J connectivity index is 2.37. The van der Waals surface area contributed by atoms with Gasteiger partial charge in [0.2, 0.25) is 0 Å². The highest BCUT2D eigenvalue weighted by Gasteiger charge is 2.22. The Kier molecular flexibility index (Phi) is 5.00. The second-order valence-corrected chi connectivity index (χ2v) is 6.49. The molecule has 1 atom stereocenters. The van der Waals surface area contributed by atoms with Crippen LogP contribution in [0.15, 0.2) is 36.5 Å². The maximum atomic E-state index is 12.0. The fraction of sp³-hybridized carbons (Fsp3) is 0.308. The van der Waals surface area contributed by atoms with Gasteiger partial charge in [0, 0.05) is 24.8 Å². The summed E-state index contributed by atoms with van der Waals surface area (Å²) in [6, 6.07) is 8.18. The number of nitrogens with one attached hydrogen (secondary N) is 2. The number of benzene rings is 1. The molecule has 2 rings (SSSR count). The lowest BCUT2D eigenvalue weighted by Crippen LogP contribution is -2.39. The minimum atomic E-state index is -3.61. The Morgan fingerprint density at radius 2 is 1.95 bits per heavy atom. The van der Waals surface area contributed by atoms with Crippen molar-refractivity contribution in [1.82, 2.24) is 19.2 Å². The van der Waals surface area contributed by atoms with Gasteiger partial charge in [0.15, 0.2) is 0 Å². The zero-order valence-electron chi connectivity index (χ0n) is 11.7. The molecule has 8 heteroatoms. The number of hydrogen-bond donors (Lipinski definition) is 2. The molecule has 0 unspecified atom stereocenters. The zero-order valence-corrected chi connectivity index (χ0v) is 13.3. The largest absolute Gasteiger partial charge is 0.277 e. The fourth-order valence-electron chi connectivity index (χ4n) is 1.93. The lowest BCUT2D eigenvalue weighted by atomic mass is 10.1. The van der Waals surface area contributed by atoms with Crippen molar-refractivity contribution in [2.24, 2.45) is 7.05 Å². The SMILES string of the molecule is CCNS(=O)(=O)N[C@@H](c1ccc(Cl)cc1)c1ccn(C)n1. The summed E-state index contributed by atoms with van der Waals surface area (Å²) in [5, 5.41) is 4.87. The van der Waals surface area contributed by atoms with Crippen molar-refractivity contribution in [2.45, 2.75) is 13.0 Å². The molecule has 6 nitrogen and oxygen atoms in total. The van der Waals surface area contributed by atoms with Crippen LogP contribution in [0.25, 0.3) is 0 Å². The van der Waals surface area contributed by atoms with Gasteiger partial charge >= 0.3 is 0 Å². The molecule has 0 aliphatic heterocycles. The van der Waals surface area contributed by atoms with Gasteiger partial charge in [0.25, 0.3) is 10.2 Å². The zero-order chi connectivity index (χ0) is 15.5. The first-order valence-electron chi connectivity index (χ1n) is 6.43. The van der Waals surface area contributed by atoms with Gasteiger partial charge in [-0.3, -0.25) is 4.68 Å². The van der Waals surface area contributed by atoms with E-state index in [1.54, 1.807) is 55.2 Å². The summed E-state index contributed by atoms with van der Waals surface area (Å²) < 4.78 is 30.6. The molecule has 0 amide bonds. The number of aryl methyl sites for hydroxylation is 1. The summed E-state index contributed by atoms with van der Waals surface area (Å²) >= 11 is 5.88. The average molecular weight is 329 g/mol. The molecular weight excluding hydrogens is 312 g/mol. The quantitative estimate of drug-likeness (QED) is 0.845. The van der Waals surface area contributed by atoms with Crippen LogP contribution in [0, 0.1) is 0 Å². The summed E-state index contributed by atoms with van der Waals surface area (Å²) in [5.74, 6) is 0. The van der Waals surface area contributed by atoms with Gasteiger partial charge in [-0.05, 0) is 23.8 Å². The van der Waals surface area contributed by atoms with E-state index in [9.17, 15) is 8.42 Å². The normalized spacial score (nSPS) is 13.3. The van der Waals surface area contributed by atoms with Crippen LogP contribution in [0.4, 0.5) is 0 Å². The van der Waals surface area contributed by atoms with Gasteiger partial charge in [-0.1, -0.05) is 30.7 Å². The third-order valence-electron chi connectivity index (χ3n) is 2.84. The molecule has 0 fully saturated rings. The van der Waals surface area contributed by atoms with Gasteiger partial charge < -0.3 is 0 Å². The molecule has 0 saturated heterocycles. The van der Waals surface area contributed by atoms with Crippen LogP contribution < -0.4 is 9.44 Å². The van der Waals surface area contributed by atoms with E-state index in [2.05, 4.69) is 14.5 Å². The molecule has 0 spiro atoms. The minimum Gasteiger partial charge on any atom is -0.275 e. The average Bonchev–Trinajstić information content (AvgIpc) is 2.84. The second-order valence-electron chi connectivity index (χ2n) is 4.52.